The molecule has 1 rings (SSSR count). The molecule has 0 aromatic heterocycles. The Bertz CT molecular complexity index is 182. The zero-order chi connectivity index (χ0) is 9.84. The zero-order valence-corrected chi connectivity index (χ0v) is 8.49. The van der Waals surface area contributed by atoms with Crippen LogP contribution < -0.4 is 0 Å². The van der Waals surface area contributed by atoms with Crippen molar-refractivity contribution in [3.63, 3.8) is 0 Å². The molecule has 0 spiro atoms. The van der Waals surface area contributed by atoms with E-state index in [1.807, 2.05) is 6.92 Å². The Labute approximate surface area is 79.7 Å². The Hall–Kier alpha value is -0.570. The SMILES string of the molecule is CCN(CC(=O)O)C1CCC(C)C1. The Kier molecular flexibility index (Phi) is 3.72. The average molecular weight is 185 g/mol. The van der Waals surface area contributed by atoms with Gasteiger partial charge in [-0.25, -0.2) is 0 Å². The molecule has 3 nitrogen and oxygen atoms in total. The second kappa shape index (κ2) is 4.61. The number of nitrogens with zero attached hydrogens (tertiary/aromatic N) is 1. The fraction of sp³-hybridized carbons (Fsp3) is 0.900. The van der Waals surface area contributed by atoms with Crippen LogP contribution in [0.4, 0.5) is 0 Å². The summed E-state index contributed by atoms with van der Waals surface area (Å²) in [5.41, 5.74) is 0. The minimum Gasteiger partial charge on any atom is -0.480 e. The molecule has 1 N–H and O–H groups in total. The van der Waals surface area contributed by atoms with E-state index in [2.05, 4.69) is 11.8 Å². The van der Waals surface area contributed by atoms with Gasteiger partial charge in [-0.2, -0.15) is 0 Å². The predicted octanol–water partition coefficient (Wildman–Crippen LogP) is 1.58. The second-order valence-electron chi connectivity index (χ2n) is 4.03. The van der Waals surface area contributed by atoms with Gasteiger partial charge in [-0.05, 0) is 31.7 Å². The van der Waals surface area contributed by atoms with Crippen molar-refractivity contribution in [3.8, 4) is 0 Å². The van der Waals surface area contributed by atoms with Gasteiger partial charge in [-0.15, -0.1) is 0 Å². The first-order chi connectivity index (χ1) is 6.13. The maximum atomic E-state index is 10.6. The lowest BCUT2D eigenvalue weighted by atomic mass is 10.1. The van der Waals surface area contributed by atoms with Crippen molar-refractivity contribution >= 4 is 5.97 Å². The third-order valence-corrected chi connectivity index (χ3v) is 2.93. The van der Waals surface area contributed by atoms with E-state index in [0.717, 1.165) is 12.5 Å². The number of aliphatic carboxylic acids is 1. The van der Waals surface area contributed by atoms with Crippen LogP contribution in [0.3, 0.4) is 0 Å². The van der Waals surface area contributed by atoms with Crippen LogP contribution in [0, 0.1) is 5.92 Å². The third kappa shape index (κ3) is 2.99. The number of carboxylic acids is 1. The van der Waals surface area contributed by atoms with E-state index < -0.39 is 5.97 Å². The van der Waals surface area contributed by atoms with Crippen LogP contribution in [-0.4, -0.2) is 35.1 Å². The van der Waals surface area contributed by atoms with Crippen LogP contribution in [-0.2, 0) is 4.79 Å². The van der Waals surface area contributed by atoms with Gasteiger partial charge in [0.25, 0.3) is 0 Å². The summed E-state index contributed by atoms with van der Waals surface area (Å²) in [6, 6.07) is 0.510. The normalized spacial score (nSPS) is 28.2. The van der Waals surface area contributed by atoms with Crippen LogP contribution in [0.1, 0.15) is 33.1 Å². The van der Waals surface area contributed by atoms with Crippen LogP contribution in [0.25, 0.3) is 0 Å². The first-order valence-corrected chi connectivity index (χ1v) is 5.09. The monoisotopic (exact) mass is 185 g/mol. The minimum absolute atomic E-state index is 0.202. The first-order valence-electron chi connectivity index (χ1n) is 5.09. The number of carboxylic acid groups (broad SMARTS) is 1. The summed E-state index contributed by atoms with van der Waals surface area (Å²) in [6.07, 6.45) is 3.59. The molecule has 2 unspecified atom stereocenters. The van der Waals surface area contributed by atoms with E-state index in [9.17, 15) is 4.79 Å². The summed E-state index contributed by atoms with van der Waals surface area (Å²) in [4.78, 5) is 12.6. The Morgan fingerprint density at radius 1 is 1.54 bits per heavy atom. The molecule has 0 aromatic carbocycles. The number of carbonyl (C=O) groups is 1. The molecule has 2 atom stereocenters. The summed E-state index contributed by atoms with van der Waals surface area (Å²) >= 11 is 0. The van der Waals surface area contributed by atoms with Crippen LogP contribution in [0.15, 0.2) is 0 Å². The van der Waals surface area contributed by atoms with Gasteiger partial charge in [0, 0.05) is 6.04 Å². The standard InChI is InChI=1S/C10H19NO2/c1-3-11(7-10(12)13)9-5-4-8(2)6-9/h8-9H,3-7H2,1-2H3,(H,12,13). The Morgan fingerprint density at radius 2 is 2.23 bits per heavy atom. The molecule has 0 radical (unpaired) electrons. The number of rotatable bonds is 4. The largest absolute Gasteiger partial charge is 0.480 e. The van der Waals surface area contributed by atoms with Gasteiger partial charge in [-0.1, -0.05) is 13.8 Å². The summed E-state index contributed by atoms with van der Waals surface area (Å²) in [6.45, 7) is 5.33. The second-order valence-corrected chi connectivity index (χ2v) is 4.03. The smallest absolute Gasteiger partial charge is 0.317 e. The van der Waals surface area contributed by atoms with Crippen molar-refractivity contribution in [1.82, 2.24) is 4.90 Å². The molecule has 13 heavy (non-hydrogen) atoms. The Balaban J connectivity index is 2.42. The molecular formula is C10H19NO2. The van der Waals surface area contributed by atoms with Gasteiger partial charge < -0.3 is 5.11 Å². The van der Waals surface area contributed by atoms with Crippen LogP contribution in [0.2, 0.25) is 0 Å². The van der Waals surface area contributed by atoms with Crippen LogP contribution >= 0.6 is 0 Å². The summed E-state index contributed by atoms with van der Waals surface area (Å²) in [7, 11) is 0. The van der Waals surface area contributed by atoms with E-state index in [1.165, 1.54) is 19.3 Å². The van der Waals surface area contributed by atoms with E-state index in [1.54, 1.807) is 0 Å². The molecule has 1 aliphatic rings. The summed E-state index contributed by atoms with van der Waals surface area (Å²) < 4.78 is 0. The lowest BCUT2D eigenvalue weighted by molar-refractivity contribution is -0.138. The fourth-order valence-electron chi connectivity index (χ4n) is 2.18. The van der Waals surface area contributed by atoms with Gasteiger partial charge in [0.15, 0.2) is 0 Å². The highest BCUT2D eigenvalue weighted by molar-refractivity contribution is 5.69. The predicted molar refractivity (Wildman–Crippen MR) is 51.7 cm³/mol. The summed E-state index contributed by atoms with van der Waals surface area (Å²) in [5.74, 6) is 0.0641. The van der Waals surface area contributed by atoms with Crippen molar-refractivity contribution in [1.29, 1.82) is 0 Å². The van der Waals surface area contributed by atoms with Crippen molar-refractivity contribution in [2.45, 2.75) is 39.2 Å². The van der Waals surface area contributed by atoms with E-state index >= 15 is 0 Å². The molecular weight excluding hydrogens is 166 g/mol. The zero-order valence-electron chi connectivity index (χ0n) is 8.49. The number of likely N-dealkylation sites (N-methyl/N-ethyl adjacent to an activating group) is 1. The Morgan fingerprint density at radius 3 is 2.62 bits per heavy atom. The lowest BCUT2D eigenvalue weighted by Crippen LogP contribution is -2.37. The van der Waals surface area contributed by atoms with Gasteiger partial charge in [0.05, 0.1) is 6.54 Å². The molecule has 0 amide bonds. The van der Waals surface area contributed by atoms with Crippen molar-refractivity contribution in [2.75, 3.05) is 13.1 Å². The van der Waals surface area contributed by atoms with Gasteiger partial charge in [0.2, 0.25) is 0 Å². The molecule has 3 heteroatoms. The molecule has 0 saturated heterocycles. The molecule has 0 aromatic rings. The van der Waals surface area contributed by atoms with Crippen molar-refractivity contribution in [2.24, 2.45) is 5.92 Å². The molecule has 1 fully saturated rings. The quantitative estimate of drug-likeness (QED) is 0.723. The molecule has 0 aliphatic heterocycles. The van der Waals surface area contributed by atoms with Crippen LogP contribution in [0.5, 0.6) is 0 Å². The first kappa shape index (κ1) is 10.5. The molecule has 76 valence electrons. The van der Waals surface area contributed by atoms with E-state index in [0.29, 0.717) is 6.04 Å². The molecule has 1 saturated carbocycles. The van der Waals surface area contributed by atoms with Crippen molar-refractivity contribution in [3.05, 3.63) is 0 Å². The average Bonchev–Trinajstić information content (AvgIpc) is 2.47. The highest BCUT2D eigenvalue weighted by Gasteiger charge is 2.26. The molecule has 1 aliphatic carbocycles. The third-order valence-electron chi connectivity index (χ3n) is 2.93. The lowest BCUT2D eigenvalue weighted by Gasteiger charge is -2.25. The molecule has 0 heterocycles. The van der Waals surface area contributed by atoms with E-state index in [4.69, 9.17) is 5.11 Å². The van der Waals surface area contributed by atoms with Crippen molar-refractivity contribution < 1.29 is 9.90 Å². The van der Waals surface area contributed by atoms with E-state index in [-0.39, 0.29) is 6.54 Å². The van der Waals surface area contributed by atoms with Gasteiger partial charge in [-0.3, -0.25) is 9.69 Å². The van der Waals surface area contributed by atoms with Gasteiger partial charge in [0.1, 0.15) is 0 Å². The topological polar surface area (TPSA) is 40.5 Å². The highest BCUT2D eigenvalue weighted by Crippen LogP contribution is 2.28. The number of hydrogen-bond donors (Lipinski definition) is 1. The summed E-state index contributed by atoms with van der Waals surface area (Å²) in [5, 5.41) is 8.70. The fourth-order valence-corrected chi connectivity index (χ4v) is 2.18. The minimum atomic E-state index is -0.707. The van der Waals surface area contributed by atoms with Gasteiger partial charge >= 0.3 is 5.97 Å². The molecule has 0 bridgehead atoms. The maximum Gasteiger partial charge on any atom is 0.317 e. The maximum absolute atomic E-state index is 10.6. The highest BCUT2D eigenvalue weighted by atomic mass is 16.4. The number of hydrogen-bond acceptors (Lipinski definition) is 2.